The molecule has 0 aliphatic rings. The van der Waals surface area contributed by atoms with E-state index in [4.69, 9.17) is 16.3 Å². The molecule has 1 atom stereocenters. The van der Waals surface area contributed by atoms with Crippen molar-refractivity contribution in [3.8, 4) is 5.69 Å². The Bertz CT molecular complexity index is 1260. The van der Waals surface area contributed by atoms with Crippen LogP contribution in [0.1, 0.15) is 39.2 Å². The highest BCUT2D eigenvalue weighted by atomic mass is 35.5. The van der Waals surface area contributed by atoms with E-state index in [1.165, 1.54) is 7.11 Å². The lowest BCUT2D eigenvalue weighted by molar-refractivity contribution is 0.0600. The highest BCUT2D eigenvalue weighted by Crippen LogP contribution is 2.26. The number of ether oxygens (including phenoxy) is 1. The molecule has 0 aliphatic carbocycles. The van der Waals surface area contributed by atoms with E-state index in [2.05, 4.69) is 5.32 Å². The number of halogens is 1. The van der Waals surface area contributed by atoms with Gasteiger partial charge in [-0.05, 0) is 61.0 Å². The van der Waals surface area contributed by atoms with Crippen LogP contribution in [-0.4, -0.2) is 23.6 Å². The zero-order chi connectivity index (χ0) is 22.0. The van der Waals surface area contributed by atoms with Crippen molar-refractivity contribution in [3.05, 3.63) is 101 Å². The molecule has 4 aromatic rings. The Morgan fingerprint density at radius 2 is 1.74 bits per heavy atom. The van der Waals surface area contributed by atoms with E-state index in [0.29, 0.717) is 16.1 Å². The molecule has 6 heteroatoms. The summed E-state index contributed by atoms with van der Waals surface area (Å²) in [5.41, 5.74) is 3.67. The maximum atomic E-state index is 13.1. The molecule has 1 N–H and O–H groups in total. The summed E-state index contributed by atoms with van der Waals surface area (Å²) in [6.07, 6.45) is 1.93. The van der Waals surface area contributed by atoms with Gasteiger partial charge in [0.1, 0.15) is 0 Å². The van der Waals surface area contributed by atoms with Crippen LogP contribution in [0.2, 0.25) is 5.02 Å². The van der Waals surface area contributed by atoms with E-state index in [0.717, 1.165) is 22.2 Å². The van der Waals surface area contributed by atoms with E-state index in [1.54, 1.807) is 18.2 Å². The molecule has 0 bridgehead atoms. The summed E-state index contributed by atoms with van der Waals surface area (Å²) >= 11 is 6.11. The molecule has 0 aliphatic heterocycles. The van der Waals surface area contributed by atoms with Crippen LogP contribution in [0.5, 0.6) is 0 Å². The van der Waals surface area contributed by atoms with Crippen LogP contribution in [-0.2, 0) is 4.74 Å². The second-order valence-electron chi connectivity index (χ2n) is 7.21. The molecule has 0 spiro atoms. The molecule has 1 amide bonds. The second kappa shape index (κ2) is 8.66. The minimum absolute atomic E-state index is 0.184. The Kier molecular flexibility index (Phi) is 5.78. The highest BCUT2D eigenvalue weighted by molar-refractivity contribution is 6.31. The number of amides is 1. The van der Waals surface area contributed by atoms with Crippen molar-refractivity contribution < 1.29 is 14.3 Å². The lowest BCUT2D eigenvalue weighted by Gasteiger charge is -2.17. The summed E-state index contributed by atoms with van der Waals surface area (Å²) in [5, 5.41) is 4.72. The molecule has 31 heavy (non-hydrogen) atoms. The summed E-state index contributed by atoms with van der Waals surface area (Å²) in [7, 11) is 1.35. The Morgan fingerprint density at radius 1 is 1.00 bits per heavy atom. The number of rotatable bonds is 5. The first-order valence-corrected chi connectivity index (χ1v) is 10.2. The van der Waals surface area contributed by atoms with Gasteiger partial charge in [-0.2, -0.15) is 0 Å². The maximum Gasteiger partial charge on any atom is 0.337 e. The fraction of sp³-hybridized carbons (Fsp3) is 0.120. The number of nitrogens with one attached hydrogen (secondary N) is 1. The number of nitrogens with zero attached hydrogens (tertiary/aromatic N) is 1. The van der Waals surface area contributed by atoms with Gasteiger partial charge in [-0.15, -0.1) is 0 Å². The highest BCUT2D eigenvalue weighted by Gasteiger charge is 2.17. The number of aromatic nitrogens is 1. The number of esters is 1. The zero-order valence-corrected chi connectivity index (χ0v) is 17.9. The van der Waals surface area contributed by atoms with Gasteiger partial charge in [0, 0.05) is 16.6 Å². The van der Waals surface area contributed by atoms with Crippen molar-refractivity contribution in [2.75, 3.05) is 7.11 Å². The third kappa shape index (κ3) is 4.18. The lowest BCUT2D eigenvalue weighted by Crippen LogP contribution is -2.27. The summed E-state index contributed by atoms with van der Waals surface area (Å²) in [5.74, 6) is -0.576. The Hall–Kier alpha value is -3.57. The molecule has 0 saturated carbocycles. The largest absolute Gasteiger partial charge is 0.465 e. The predicted octanol–water partition coefficient (Wildman–Crippen LogP) is 5.56. The van der Waals surface area contributed by atoms with Gasteiger partial charge in [-0.3, -0.25) is 4.79 Å². The average Bonchev–Trinajstić information content (AvgIpc) is 3.21. The minimum Gasteiger partial charge on any atom is -0.465 e. The van der Waals surface area contributed by atoms with E-state index in [9.17, 15) is 9.59 Å². The number of carbonyl (C=O) groups excluding carboxylic acids is 2. The molecule has 1 aromatic heterocycles. The van der Waals surface area contributed by atoms with Gasteiger partial charge in [0.05, 0.1) is 35.5 Å². The van der Waals surface area contributed by atoms with Gasteiger partial charge in [-0.25, -0.2) is 4.79 Å². The number of hydrogen-bond donors (Lipinski definition) is 1. The Morgan fingerprint density at radius 3 is 2.48 bits per heavy atom. The van der Waals surface area contributed by atoms with E-state index in [1.807, 2.05) is 72.3 Å². The summed E-state index contributed by atoms with van der Waals surface area (Å²) in [6.45, 7) is 1.90. The molecule has 3 aromatic carbocycles. The smallest absolute Gasteiger partial charge is 0.337 e. The first kappa shape index (κ1) is 20.7. The molecule has 1 unspecified atom stereocenters. The lowest BCUT2D eigenvalue weighted by atomic mass is 10.0. The van der Waals surface area contributed by atoms with Crippen molar-refractivity contribution in [1.82, 2.24) is 9.88 Å². The average molecular weight is 433 g/mol. The molecular weight excluding hydrogens is 412 g/mol. The van der Waals surface area contributed by atoms with Crippen molar-refractivity contribution in [2.24, 2.45) is 0 Å². The number of methoxy groups -OCH3 is 1. The van der Waals surface area contributed by atoms with Crippen LogP contribution >= 0.6 is 11.6 Å². The van der Waals surface area contributed by atoms with Gasteiger partial charge in [0.25, 0.3) is 5.91 Å². The van der Waals surface area contributed by atoms with Crippen molar-refractivity contribution in [2.45, 2.75) is 13.0 Å². The zero-order valence-electron chi connectivity index (χ0n) is 17.1. The maximum absolute atomic E-state index is 13.1. The van der Waals surface area contributed by atoms with Crippen LogP contribution in [0.3, 0.4) is 0 Å². The Balaban J connectivity index is 1.60. The monoisotopic (exact) mass is 432 g/mol. The number of carbonyl (C=O) groups is 2. The molecule has 0 radical (unpaired) electrons. The summed E-state index contributed by atoms with van der Waals surface area (Å²) in [6, 6.07) is 21.9. The van der Waals surface area contributed by atoms with Gasteiger partial charge in [0.2, 0.25) is 0 Å². The van der Waals surface area contributed by atoms with Gasteiger partial charge in [-0.1, -0.05) is 35.9 Å². The van der Waals surface area contributed by atoms with Crippen LogP contribution in [0.25, 0.3) is 16.6 Å². The third-order valence-electron chi connectivity index (χ3n) is 5.24. The van der Waals surface area contributed by atoms with E-state index < -0.39 is 5.97 Å². The molecule has 0 saturated heterocycles. The molecule has 5 nitrogen and oxygen atoms in total. The molecule has 156 valence electrons. The minimum atomic E-state index is -0.391. The van der Waals surface area contributed by atoms with Gasteiger partial charge in [0.15, 0.2) is 0 Å². The van der Waals surface area contributed by atoms with E-state index in [-0.39, 0.29) is 11.9 Å². The fourth-order valence-corrected chi connectivity index (χ4v) is 3.76. The van der Waals surface area contributed by atoms with Crippen LogP contribution in [0.15, 0.2) is 79.0 Å². The van der Waals surface area contributed by atoms with E-state index >= 15 is 0 Å². The SMILES string of the molecule is COC(=O)c1ccc(C(C)NC(=O)c2ccccc2-n2ccc3cc(Cl)ccc32)cc1. The molecule has 0 fully saturated rings. The van der Waals surface area contributed by atoms with Crippen LogP contribution in [0, 0.1) is 0 Å². The van der Waals surface area contributed by atoms with Gasteiger partial charge < -0.3 is 14.6 Å². The third-order valence-corrected chi connectivity index (χ3v) is 5.47. The number of hydrogen-bond acceptors (Lipinski definition) is 3. The second-order valence-corrected chi connectivity index (χ2v) is 7.65. The first-order chi connectivity index (χ1) is 15.0. The molecule has 1 heterocycles. The molecule has 4 rings (SSSR count). The fourth-order valence-electron chi connectivity index (χ4n) is 3.58. The number of benzene rings is 3. The Labute approximate surface area is 185 Å². The van der Waals surface area contributed by atoms with Crippen molar-refractivity contribution in [1.29, 1.82) is 0 Å². The van der Waals surface area contributed by atoms with Gasteiger partial charge >= 0.3 is 5.97 Å². The summed E-state index contributed by atoms with van der Waals surface area (Å²) in [4.78, 5) is 24.8. The van der Waals surface area contributed by atoms with Crippen molar-refractivity contribution >= 4 is 34.4 Å². The summed E-state index contributed by atoms with van der Waals surface area (Å²) < 4.78 is 6.71. The normalized spacial score (nSPS) is 11.8. The quantitative estimate of drug-likeness (QED) is 0.420. The number of para-hydroxylation sites is 1. The standard InChI is InChI=1S/C25H21ClN2O3/c1-16(17-7-9-18(10-8-17)25(30)31-2)27-24(29)21-5-3-4-6-23(21)28-14-13-19-15-20(26)11-12-22(19)28/h3-16H,1-2H3,(H,27,29). The molecular formula is C25H21ClN2O3. The number of fused-ring (bicyclic) bond motifs is 1. The first-order valence-electron chi connectivity index (χ1n) is 9.83. The predicted molar refractivity (Wildman–Crippen MR) is 122 cm³/mol. The van der Waals surface area contributed by atoms with Crippen LogP contribution in [0.4, 0.5) is 0 Å². The topological polar surface area (TPSA) is 60.3 Å². The van der Waals surface area contributed by atoms with Crippen molar-refractivity contribution in [3.63, 3.8) is 0 Å². The van der Waals surface area contributed by atoms with Crippen LogP contribution < -0.4 is 5.32 Å².